The van der Waals surface area contributed by atoms with Crippen LogP contribution < -0.4 is 11.1 Å². The van der Waals surface area contributed by atoms with E-state index in [0.717, 1.165) is 16.8 Å². The number of carbonyl (C=O) groups is 1. The molecule has 0 saturated heterocycles. The van der Waals surface area contributed by atoms with Crippen LogP contribution in [0.3, 0.4) is 0 Å². The lowest BCUT2D eigenvalue weighted by atomic mass is 10.1. The third-order valence-corrected chi connectivity index (χ3v) is 3.04. The predicted molar refractivity (Wildman–Crippen MR) is 77.3 cm³/mol. The SMILES string of the molecule is Cc1cccc(C(=O)Nc2cc(C)c(C)cc2N)n1. The van der Waals surface area contributed by atoms with E-state index < -0.39 is 0 Å². The van der Waals surface area contributed by atoms with Gasteiger partial charge in [-0.3, -0.25) is 4.79 Å². The number of hydrogen-bond acceptors (Lipinski definition) is 3. The van der Waals surface area contributed by atoms with Crippen molar-refractivity contribution in [1.29, 1.82) is 0 Å². The van der Waals surface area contributed by atoms with Gasteiger partial charge in [0.15, 0.2) is 0 Å². The average Bonchev–Trinajstić information content (AvgIpc) is 2.36. The van der Waals surface area contributed by atoms with Crippen LogP contribution in [0.5, 0.6) is 0 Å². The summed E-state index contributed by atoms with van der Waals surface area (Å²) in [5, 5.41) is 2.80. The maximum atomic E-state index is 12.1. The molecule has 3 N–H and O–H groups in total. The number of rotatable bonds is 2. The van der Waals surface area contributed by atoms with Crippen LogP contribution in [-0.4, -0.2) is 10.9 Å². The lowest BCUT2D eigenvalue weighted by Gasteiger charge is -2.11. The van der Waals surface area contributed by atoms with Crippen LogP contribution in [0.25, 0.3) is 0 Å². The maximum Gasteiger partial charge on any atom is 0.274 e. The summed E-state index contributed by atoms with van der Waals surface area (Å²) >= 11 is 0. The molecule has 1 aromatic heterocycles. The molecule has 0 saturated carbocycles. The van der Waals surface area contributed by atoms with Gasteiger partial charge < -0.3 is 11.1 Å². The third-order valence-electron chi connectivity index (χ3n) is 3.04. The molecule has 1 heterocycles. The summed E-state index contributed by atoms with van der Waals surface area (Å²) in [6.07, 6.45) is 0. The number of anilines is 2. The molecule has 0 spiro atoms. The smallest absolute Gasteiger partial charge is 0.274 e. The fourth-order valence-corrected chi connectivity index (χ4v) is 1.80. The molecular formula is C15H17N3O. The van der Waals surface area contributed by atoms with Gasteiger partial charge in [0.25, 0.3) is 5.91 Å². The Kier molecular flexibility index (Phi) is 3.51. The van der Waals surface area contributed by atoms with Gasteiger partial charge in [-0.05, 0) is 56.2 Å². The highest BCUT2D eigenvalue weighted by Crippen LogP contribution is 2.23. The summed E-state index contributed by atoms with van der Waals surface area (Å²) in [6.45, 7) is 5.82. The standard InChI is InChI=1S/C15H17N3O/c1-9-7-12(16)14(8-10(9)2)18-15(19)13-6-4-5-11(3)17-13/h4-8H,16H2,1-3H3,(H,18,19). The molecule has 0 aliphatic heterocycles. The molecule has 4 heteroatoms. The number of nitrogen functional groups attached to an aromatic ring is 1. The molecule has 0 unspecified atom stereocenters. The molecule has 1 aromatic carbocycles. The number of pyridine rings is 1. The van der Waals surface area contributed by atoms with Gasteiger partial charge in [0, 0.05) is 5.69 Å². The number of aryl methyl sites for hydroxylation is 3. The first-order valence-electron chi connectivity index (χ1n) is 6.09. The van der Waals surface area contributed by atoms with Crippen LogP contribution in [-0.2, 0) is 0 Å². The number of nitrogens with zero attached hydrogens (tertiary/aromatic N) is 1. The van der Waals surface area contributed by atoms with Crippen molar-refractivity contribution in [1.82, 2.24) is 4.98 Å². The number of hydrogen-bond donors (Lipinski definition) is 2. The Labute approximate surface area is 112 Å². The number of aromatic nitrogens is 1. The second kappa shape index (κ2) is 5.10. The van der Waals surface area contributed by atoms with Gasteiger partial charge >= 0.3 is 0 Å². The number of nitrogens with two attached hydrogens (primary N) is 1. The van der Waals surface area contributed by atoms with Crippen LogP contribution in [0.15, 0.2) is 30.3 Å². The first-order valence-corrected chi connectivity index (χ1v) is 6.09. The van der Waals surface area contributed by atoms with Crippen LogP contribution in [0, 0.1) is 20.8 Å². The summed E-state index contributed by atoms with van der Waals surface area (Å²) in [7, 11) is 0. The van der Waals surface area contributed by atoms with Crippen LogP contribution >= 0.6 is 0 Å². The number of nitrogens with one attached hydrogen (secondary N) is 1. The van der Waals surface area contributed by atoms with Gasteiger partial charge in [0.05, 0.1) is 11.4 Å². The van der Waals surface area contributed by atoms with E-state index in [9.17, 15) is 4.79 Å². The van der Waals surface area contributed by atoms with Gasteiger partial charge in [-0.25, -0.2) is 4.98 Å². The highest BCUT2D eigenvalue weighted by atomic mass is 16.1. The lowest BCUT2D eigenvalue weighted by molar-refractivity contribution is 0.102. The Morgan fingerprint density at radius 2 is 1.84 bits per heavy atom. The van der Waals surface area contributed by atoms with Crippen molar-refractivity contribution in [3.05, 3.63) is 52.8 Å². The monoisotopic (exact) mass is 255 g/mol. The largest absolute Gasteiger partial charge is 0.397 e. The molecule has 0 atom stereocenters. The minimum absolute atomic E-state index is 0.251. The van der Waals surface area contributed by atoms with Crippen molar-refractivity contribution >= 4 is 17.3 Å². The van der Waals surface area contributed by atoms with Gasteiger partial charge in [-0.2, -0.15) is 0 Å². The molecule has 19 heavy (non-hydrogen) atoms. The van der Waals surface area contributed by atoms with Crippen molar-refractivity contribution in [2.45, 2.75) is 20.8 Å². The Bertz CT molecular complexity index is 635. The van der Waals surface area contributed by atoms with Gasteiger partial charge in [0.1, 0.15) is 5.69 Å². The van der Waals surface area contributed by atoms with Gasteiger partial charge in [-0.15, -0.1) is 0 Å². The maximum absolute atomic E-state index is 12.1. The second-order valence-electron chi connectivity index (χ2n) is 4.64. The molecule has 0 bridgehead atoms. The molecular weight excluding hydrogens is 238 g/mol. The Balaban J connectivity index is 2.27. The summed E-state index contributed by atoms with van der Waals surface area (Å²) in [4.78, 5) is 16.3. The number of amides is 1. The highest BCUT2D eigenvalue weighted by molar-refractivity contribution is 6.04. The van der Waals surface area contributed by atoms with E-state index in [-0.39, 0.29) is 5.91 Å². The summed E-state index contributed by atoms with van der Waals surface area (Å²) in [5.74, 6) is -0.251. The number of carbonyl (C=O) groups excluding carboxylic acids is 1. The minimum atomic E-state index is -0.251. The average molecular weight is 255 g/mol. The minimum Gasteiger partial charge on any atom is -0.397 e. The fraction of sp³-hybridized carbons (Fsp3) is 0.200. The molecule has 0 fully saturated rings. The predicted octanol–water partition coefficient (Wildman–Crippen LogP) is 2.84. The van der Waals surface area contributed by atoms with Crippen molar-refractivity contribution in [3.8, 4) is 0 Å². The Morgan fingerprint density at radius 3 is 2.53 bits per heavy atom. The molecule has 2 aromatic rings. The molecule has 4 nitrogen and oxygen atoms in total. The van der Waals surface area contributed by atoms with Crippen molar-refractivity contribution in [2.24, 2.45) is 0 Å². The molecule has 98 valence electrons. The quantitative estimate of drug-likeness (QED) is 0.811. The first kappa shape index (κ1) is 13.1. The topological polar surface area (TPSA) is 68.0 Å². The molecule has 1 amide bonds. The van der Waals surface area contributed by atoms with Crippen LogP contribution in [0.1, 0.15) is 27.3 Å². The Morgan fingerprint density at radius 1 is 1.16 bits per heavy atom. The highest BCUT2D eigenvalue weighted by Gasteiger charge is 2.10. The van der Waals surface area contributed by atoms with Gasteiger partial charge in [0.2, 0.25) is 0 Å². The molecule has 0 radical (unpaired) electrons. The van der Waals surface area contributed by atoms with E-state index in [0.29, 0.717) is 17.1 Å². The zero-order valence-corrected chi connectivity index (χ0v) is 11.3. The summed E-state index contributed by atoms with van der Waals surface area (Å²) < 4.78 is 0. The third kappa shape index (κ3) is 2.91. The van der Waals surface area contributed by atoms with E-state index in [1.807, 2.05) is 39.0 Å². The van der Waals surface area contributed by atoms with Crippen LogP contribution in [0.4, 0.5) is 11.4 Å². The zero-order chi connectivity index (χ0) is 14.0. The van der Waals surface area contributed by atoms with E-state index in [1.54, 1.807) is 12.1 Å². The van der Waals surface area contributed by atoms with Crippen LogP contribution in [0.2, 0.25) is 0 Å². The summed E-state index contributed by atoms with van der Waals surface area (Å²) in [5.41, 5.74) is 10.5. The molecule has 0 aliphatic carbocycles. The molecule has 2 rings (SSSR count). The van der Waals surface area contributed by atoms with E-state index >= 15 is 0 Å². The van der Waals surface area contributed by atoms with Crippen molar-refractivity contribution in [3.63, 3.8) is 0 Å². The first-order chi connectivity index (χ1) is 8.97. The van der Waals surface area contributed by atoms with E-state index in [4.69, 9.17) is 5.73 Å². The van der Waals surface area contributed by atoms with E-state index in [1.165, 1.54) is 0 Å². The van der Waals surface area contributed by atoms with Crippen molar-refractivity contribution < 1.29 is 4.79 Å². The van der Waals surface area contributed by atoms with Gasteiger partial charge in [-0.1, -0.05) is 6.07 Å². The summed E-state index contributed by atoms with van der Waals surface area (Å²) in [6, 6.07) is 9.06. The zero-order valence-electron chi connectivity index (χ0n) is 11.3. The number of benzene rings is 1. The fourth-order valence-electron chi connectivity index (χ4n) is 1.80. The lowest BCUT2D eigenvalue weighted by Crippen LogP contribution is -2.15. The second-order valence-corrected chi connectivity index (χ2v) is 4.64. The Hall–Kier alpha value is -2.36. The van der Waals surface area contributed by atoms with Crippen molar-refractivity contribution in [2.75, 3.05) is 11.1 Å². The van der Waals surface area contributed by atoms with E-state index in [2.05, 4.69) is 10.3 Å². The molecule has 0 aliphatic rings. The normalized spacial score (nSPS) is 10.3.